The number of hydrogen-bond donors (Lipinski definition) is 1. The second-order valence-corrected chi connectivity index (χ2v) is 8.20. The summed E-state index contributed by atoms with van der Waals surface area (Å²) in [6.07, 6.45) is 0. The van der Waals surface area contributed by atoms with Gasteiger partial charge in [-0.05, 0) is 73.7 Å². The number of benzene rings is 3. The van der Waals surface area contributed by atoms with Gasteiger partial charge < -0.3 is 9.73 Å². The number of amides is 1. The molecule has 4 aromatic rings. The van der Waals surface area contributed by atoms with Crippen molar-refractivity contribution in [3.8, 4) is 11.5 Å². The third-order valence-corrected chi connectivity index (χ3v) is 5.44. The van der Waals surface area contributed by atoms with Crippen molar-refractivity contribution in [1.29, 1.82) is 0 Å². The highest BCUT2D eigenvalue weighted by Crippen LogP contribution is 2.30. The van der Waals surface area contributed by atoms with E-state index in [1.807, 2.05) is 63.2 Å². The van der Waals surface area contributed by atoms with Crippen LogP contribution in [-0.2, 0) is 0 Å². The maximum absolute atomic E-state index is 12.8. The van der Waals surface area contributed by atoms with Crippen LogP contribution < -0.4 is 5.32 Å². The molecule has 1 aromatic heterocycles. The molecule has 3 aromatic carbocycles. The molecule has 0 unspecified atom stereocenters. The Kier molecular flexibility index (Phi) is 5.17. The van der Waals surface area contributed by atoms with E-state index in [0.717, 1.165) is 39.0 Å². The number of hydrogen-bond acceptors (Lipinski definition) is 3. The van der Waals surface area contributed by atoms with Crippen molar-refractivity contribution < 1.29 is 9.21 Å². The van der Waals surface area contributed by atoms with Gasteiger partial charge in [0.2, 0.25) is 5.89 Å². The lowest BCUT2D eigenvalue weighted by molar-refractivity contribution is 0.102. The zero-order chi connectivity index (χ0) is 21.4. The minimum Gasteiger partial charge on any atom is -0.436 e. The molecule has 0 atom stereocenters. The second kappa shape index (κ2) is 7.79. The Hall–Kier alpha value is -3.40. The first-order valence-electron chi connectivity index (χ1n) is 10.2. The quantitative estimate of drug-likeness (QED) is 0.411. The summed E-state index contributed by atoms with van der Waals surface area (Å²) in [4.78, 5) is 17.5. The lowest BCUT2D eigenvalue weighted by atomic mass is 10.0. The van der Waals surface area contributed by atoms with Crippen LogP contribution in [0.3, 0.4) is 0 Å². The Morgan fingerprint density at radius 2 is 1.73 bits per heavy atom. The number of carbonyl (C=O) groups is 1. The largest absolute Gasteiger partial charge is 0.436 e. The third kappa shape index (κ3) is 3.86. The highest BCUT2D eigenvalue weighted by molar-refractivity contribution is 6.06. The maximum atomic E-state index is 12.8. The van der Waals surface area contributed by atoms with E-state index in [4.69, 9.17) is 4.42 Å². The first kappa shape index (κ1) is 19.9. The van der Waals surface area contributed by atoms with Gasteiger partial charge in [-0.2, -0.15) is 0 Å². The Bertz CT molecular complexity index is 1250. The summed E-state index contributed by atoms with van der Waals surface area (Å²) in [5, 5.41) is 3.05. The number of nitrogens with one attached hydrogen (secondary N) is 1. The van der Waals surface area contributed by atoms with Crippen LogP contribution in [0.4, 0.5) is 5.69 Å². The summed E-state index contributed by atoms with van der Waals surface area (Å²) in [6, 6.07) is 17.8. The molecule has 1 amide bonds. The summed E-state index contributed by atoms with van der Waals surface area (Å²) < 4.78 is 5.98. The molecule has 0 bridgehead atoms. The fourth-order valence-electron chi connectivity index (χ4n) is 3.57. The first-order chi connectivity index (χ1) is 14.3. The number of aryl methyl sites for hydroxylation is 3. The Balaban J connectivity index is 1.66. The van der Waals surface area contributed by atoms with Gasteiger partial charge in [0.1, 0.15) is 5.52 Å². The molecule has 152 valence electrons. The van der Waals surface area contributed by atoms with Gasteiger partial charge in [0, 0.05) is 16.8 Å². The molecule has 4 heteroatoms. The molecule has 0 aliphatic rings. The predicted octanol–water partition coefficient (Wildman–Crippen LogP) is 6.80. The van der Waals surface area contributed by atoms with Crippen LogP contribution in [0, 0.1) is 20.8 Å². The van der Waals surface area contributed by atoms with Gasteiger partial charge in [-0.1, -0.05) is 43.7 Å². The van der Waals surface area contributed by atoms with Gasteiger partial charge in [-0.15, -0.1) is 0 Å². The highest BCUT2D eigenvalue weighted by Gasteiger charge is 2.14. The molecule has 4 nitrogen and oxygen atoms in total. The van der Waals surface area contributed by atoms with E-state index in [1.165, 1.54) is 5.56 Å². The van der Waals surface area contributed by atoms with Gasteiger partial charge in [0.25, 0.3) is 5.91 Å². The average molecular weight is 399 g/mol. The standard InChI is InChI=1S/C26H26N2O2/c1-15(2)19-9-11-24-23(13-19)28-26(30-24)20-8-7-17(4)22(14-20)27-25(29)21-10-6-16(3)12-18(21)5/h6-15H,1-5H3,(H,27,29). The molecular weight excluding hydrogens is 372 g/mol. The topological polar surface area (TPSA) is 55.1 Å². The minimum absolute atomic E-state index is 0.119. The molecule has 0 radical (unpaired) electrons. The Labute approximate surface area is 177 Å². The smallest absolute Gasteiger partial charge is 0.255 e. The van der Waals surface area contributed by atoms with Crippen molar-refractivity contribution in [2.24, 2.45) is 0 Å². The zero-order valence-corrected chi connectivity index (χ0v) is 18.0. The van der Waals surface area contributed by atoms with Gasteiger partial charge >= 0.3 is 0 Å². The molecule has 1 N–H and O–H groups in total. The molecule has 0 aliphatic carbocycles. The van der Waals surface area contributed by atoms with E-state index in [9.17, 15) is 4.79 Å². The van der Waals surface area contributed by atoms with Crippen molar-refractivity contribution >= 4 is 22.7 Å². The second-order valence-electron chi connectivity index (χ2n) is 8.20. The van der Waals surface area contributed by atoms with Gasteiger partial charge in [0.15, 0.2) is 5.58 Å². The van der Waals surface area contributed by atoms with Crippen LogP contribution in [0.2, 0.25) is 0 Å². The van der Waals surface area contributed by atoms with E-state index in [0.29, 0.717) is 17.4 Å². The number of carbonyl (C=O) groups excluding carboxylic acids is 1. The summed E-state index contributed by atoms with van der Waals surface area (Å²) >= 11 is 0. The fourth-order valence-corrected chi connectivity index (χ4v) is 3.57. The number of anilines is 1. The van der Waals surface area contributed by atoms with Gasteiger partial charge in [-0.3, -0.25) is 4.79 Å². The molecule has 0 saturated heterocycles. The van der Waals surface area contributed by atoms with Crippen molar-refractivity contribution in [1.82, 2.24) is 4.98 Å². The van der Waals surface area contributed by atoms with E-state index in [-0.39, 0.29) is 5.91 Å². The number of oxazole rings is 1. The normalized spacial score (nSPS) is 11.3. The molecule has 0 aliphatic heterocycles. The van der Waals surface area contributed by atoms with Crippen molar-refractivity contribution in [3.63, 3.8) is 0 Å². The average Bonchev–Trinajstić information content (AvgIpc) is 3.12. The van der Waals surface area contributed by atoms with Crippen LogP contribution in [0.25, 0.3) is 22.6 Å². The summed E-state index contributed by atoms with van der Waals surface area (Å²) in [7, 11) is 0. The van der Waals surface area contributed by atoms with Crippen LogP contribution in [0.15, 0.2) is 59.0 Å². The number of rotatable bonds is 4. The first-order valence-corrected chi connectivity index (χ1v) is 10.2. The van der Waals surface area contributed by atoms with Crippen LogP contribution in [0.1, 0.15) is 52.4 Å². The lowest BCUT2D eigenvalue weighted by Crippen LogP contribution is -2.14. The van der Waals surface area contributed by atoms with Crippen molar-refractivity contribution in [2.75, 3.05) is 5.32 Å². The molecular formula is C26H26N2O2. The maximum Gasteiger partial charge on any atom is 0.255 e. The molecule has 0 saturated carbocycles. The number of nitrogens with zero attached hydrogens (tertiary/aromatic N) is 1. The van der Waals surface area contributed by atoms with Gasteiger partial charge in [-0.25, -0.2) is 4.98 Å². The summed E-state index contributed by atoms with van der Waals surface area (Å²) in [6.45, 7) is 10.3. The Morgan fingerprint density at radius 1 is 0.933 bits per heavy atom. The molecule has 0 fully saturated rings. The van der Waals surface area contributed by atoms with E-state index < -0.39 is 0 Å². The lowest BCUT2D eigenvalue weighted by Gasteiger charge is -2.11. The van der Waals surface area contributed by atoms with E-state index in [1.54, 1.807) is 0 Å². The molecule has 4 rings (SSSR count). The fraction of sp³-hybridized carbons (Fsp3) is 0.231. The molecule has 1 heterocycles. The number of aromatic nitrogens is 1. The zero-order valence-electron chi connectivity index (χ0n) is 18.0. The number of fused-ring (bicyclic) bond motifs is 1. The van der Waals surface area contributed by atoms with Crippen molar-refractivity contribution in [2.45, 2.75) is 40.5 Å². The SMILES string of the molecule is Cc1ccc(C(=O)Nc2cc(-c3nc4cc(C(C)C)ccc4o3)ccc2C)c(C)c1. The predicted molar refractivity (Wildman–Crippen MR) is 122 cm³/mol. The van der Waals surface area contributed by atoms with Gasteiger partial charge in [0.05, 0.1) is 0 Å². The van der Waals surface area contributed by atoms with Crippen LogP contribution in [0.5, 0.6) is 0 Å². The molecule has 0 spiro atoms. The van der Waals surface area contributed by atoms with Crippen molar-refractivity contribution in [3.05, 3.63) is 82.4 Å². The highest BCUT2D eigenvalue weighted by atomic mass is 16.3. The minimum atomic E-state index is -0.119. The summed E-state index contributed by atoms with van der Waals surface area (Å²) in [5.41, 5.74) is 8.17. The monoisotopic (exact) mass is 398 g/mol. The third-order valence-electron chi connectivity index (χ3n) is 5.44. The molecule has 30 heavy (non-hydrogen) atoms. The van der Waals surface area contributed by atoms with Crippen LogP contribution in [-0.4, -0.2) is 10.9 Å². The summed E-state index contributed by atoms with van der Waals surface area (Å²) in [5.74, 6) is 0.862. The van der Waals surface area contributed by atoms with Crippen LogP contribution >= 0.6 is 0 Å². The Morgan fingerprint density at radius 3 is 2.47 bits per heavy atom. The van der Waals surface area contributed by atoms with E-state index >= 15 is 0 Å². The van der Waals surface area contributed by atoms with E-state index in [2.05, 4.69) is 36.3 Å².